The van der Waals surface area contributed by atoms with Crippen molar-refractivity contribution in [3.05, 3.63) is 29.8 Å². The molecular formula is C15H23NO2. The molecular weight excluding hydrogens is 226 g/mol. The Morgan fingerprint density at radius 3 is 2.89 bits per heavy atom. The number of hydrogen-bond acceptors (Lipinski definition) is 3. The van der Waals surface area contributed by atoms with Crippen LogP contribution in [-0.2, 0) is 11.3 Å². The standard InChI is InChI=1S/C15H23NO2/c1-17-12-14-3-2-4-15(11-14)18-10-7-13-5-8-16-9-6-13/h2-4,11,13,16H,5-10,12H2,1H3. The summed E-state index contributed by atoms with van der Waals surface area (Å²) in [6, 6.07) is 8.16. The first-order valence-corrected chi connectivity index (χ1v) is 6.80. The summed E-state index contributed by atoms with van der Waals surface area (Å²) in [4.78, 5) is 0. The normalized spacial score (nSPS) is 16.7. The molecule has 1 saturated heterocycles. The molecule has 1 fully saturated rings. The zero-order chi connectivity index (χ0) is 12.6. The van der Waals surface area contributed by atoms with Gasteiger partial charge in [0.25, 0.3) is 0 Å². The number of hydrogen-bond donors (Lipinski definition) is 1. The van der Waals surface area contributed by atoms with Gasteiger partial charge in [-0.3, -0.25) is 0 Å². The number of methoxy groups -OCH3 is 1. The average molecular weight is 249 g/mol. The van der Waals surface area contributed by atoms with Crippen LogP contribution in [0.1, 0.15) is 24.8 Å². The van der Waals surface area contributed by atoms with Crippen LogP contribution in [0.5, 0.6) is 5.75 Å². The van der Waals surface area contributed by atoms with E-state index in [0.717, 1.165) is 43.3 Å². The van der Waals surface area contributed by atoms with Crippen LogP contribution >= 0.6 is 0 Å². The molecule has 18 heavy (non-hydrogen) atoms. The van der Waals surface area contributed by atoms with E-state index in [2.05, 4.69) is 17.4 Å². The Morgan fingerprint density at radius 2 is 2.11 bits per heavy atom. The molecule has 0 atom stereocenters. The van der Waals surface area contributed by atoms with E-state index in [4.69, 9.17) is 9.47 Å². The maximum atomic E-state index is 5.82. The molecule has 100 valence electrons. The van der Waals surface area contributed by atoms with Crippen LogP contribution in [0.4, 0.5) is 0 Å². The van der Waals surface area contributed by atoms with Gasteiger partial charge in [-0.2, -0.15) is 0 Å². The molecule has 1 heterocycles. The SMILES string of the molecule is COCc1cccc(OCCC2CCNCC2)c1. The molecule has 0 aromatic heterocycles. The minimum absolute atomic E-state index is 0.644. The van der Waals surface area contributed by atoms with Crippen molar-refractivity contribution >= 4 is 0 Å². The van der Waals surface area contributed by atoms with Crippen molar-refractivity contribution in [2.45, 2.75) is 25.9 Å². The molecule has 1 N–H and O–H groups in total. The zero-order valence-corrected chi connectivity index (χ0v) is 11.2. The molecule has 1 aromatic rings. The number of rotatable bonds is 6. The lowest BCUT2D eigenvalue weighted by Crippen LogP contribution is -2.28. The highest BCUT2D eigenvalue weighted by Gasteiger charge is 2.12. The van der Waals surface area contributed by atoms with E-state index in [1.54, 1.807) is 7.11 Å². The van der Waals surface area contributed by atoms with Crippen LogP contribution < -0.4 is 10.1 Å². The first kappa shape index (κ1) is 13.4. The van der Waals surface area contributed by atoms with Crippen LogP contribution in [0.2, 0.25) is 0 Å². The van der Waals surface area contributed by atoms with Crippen molar-refractivity contribution in [3.63, 3.8) is 0 Å². The van der Waals surface area contributed by atoms with Gasteiger partial charge in [-0.05, 0) is 56.0 Å². The Bertz CT molecular complexity index is 348. The molecule has 0 bridgehead atoms. The van der Waals surface area contributed by atoms with Crippen LogP contribution in [-0.4, -0.2) is 26.8 Å². The highest BCUT2D eigenvalue weighted by atomic mass is 16.5. The second-order valence-electron chi connectivity index (χ2n) is 4.91. The number of ether oxygens (including phenoxy) is 2. The van der Waals surface area contributed by atoms with Crippen molar-refractivity contribution in [3.8, 4) is 5.75 Å². The van der Waals surface area contributed by atoms with Crippen molar-refractivity contribution in [2.75, 3.05) is 26.8 Å². The summed E-state index contributed by atoms with van der Waals surface area (Å²) < 4.78 is 10.9. The molecule has 1 aliphatic rings. The Labute approximate surface area is 109 Å². The van der Waals surface area contributed by atoms with E-state index in [1.165, 1.54) is 12.8 Å². The third-order valence-corrected chi connectivity index (χ3v) is 3.46. The molecule has 0 saturated carbocycles. The third kappa shape index (κ3) is 4.31. The van der Waals surface area contributed by atoms with Crippen LogP contribution in [0.25, 0.3) is 0 Å². The maximum Gasteiger partial charge on any atom is 0.119 e. The Hall–Kier alpha value is -1.06. The van der Waals surface area contributed by atoms with Gasteiger partial charge in [-0.25, -0.2) is 0 Å². The van der Waals surface area contributed by atoms with Crippen molar-refractivity contribution in [2.24, 2.45) is 5.92 Å². The van der Waals surface area contributed by atoms with Crippen molar-refractivity contribution < 1.29 is 9.47 Å². The highest BCUT2D eigenvalue weighted by Crippen LogP contribution is 2.18. The fraction of sp³-hybridized carbons (Fsp3) is 0.600. The molecule has 0 spiro atoms. The summed E-state index contributed by atoms with van der Waals surface area (Å²) in [5.74, 6) is 1.78. The predicted molar refractivity (Wildman–Crippen MR) is 72.9 cm³/mol. The van der Waals surface area contributed by atoms with Gasteiger partial charge in [0.05, 0.1) is 13.2 Å². The Kier molecular flexibility index (Phi) is 5.49. The van der Waals surface area contributed by atoms with Gasteiger partial charge in [0.1, 0.15) is 5.75 Å². The topological polar surface area (TPSA) is 30.5 Å². The summed E-state index contributed by atoms with van der Waals surface area (Å²) in [5, 5.41) is 3.39. The highest BCUT2D eigenvalue weighted by molar-refractivity contribution is 5.28. The summed E-state index contributed by atoms with van der Waals surface area (Å²) in [6.45, 7) is 3.79. The van der Waals surface area contributed by atoms with Crippen molar-refractivity contribution in [1.29, 1.82) is 0 Å². The Morgan fingerprint density at radius 1 is 1.28 bits per heavy atom. The van der Waals surface area contributed by atoms with Crippen LogP contribution in [0.15, 0.2) is 24.3 Å². The Balaban J connectivity index is 1.73. The van der Waals surface area contributed by atoms with Gasteiger partial charge in [0.15, 0.2) is 0 Å². The second-order valence-corrected chi connectivity index (χ2v) is 4.91. The monoisotopic (exact) mass is 249 g/mol. The van der Waals surface area contributed by atoms with E-state index in [-0.39, 0.29) is 0 Å². The van der Waals surface area contributed by atoms with Gasteiger partial charge >= 0.3 is 0 Å². The molecule has 0 aliphatic carbocycles. The first-order valence-electron chi connectivity index (χ1n) is 6.80. The summed E-state index contributed by atoms with van der Waals surface area (Å²) in [5.41, 5.74) is 1.16. The largest absolute Gasteiger partial charge is 0.494 e. The van der Waals surface area contributed by atoms with E-state index >= 15 is 0 Å². The second kappa shape index (κ2) is 7.39. The lowest BCUT2D eigenvalue weighted by Gasteiger charge is -2.22. The lowest BCUT2D eigenvalue weighted by molar-refractivity contribution is 0.184. The molecule has 0 radical (unpaired) electrons. The predicted octanol–water partition coefficient (Wildman–Crippen LogP) is 2.60. The average Bonchev–Trinajstić information content (AvgIpc) is 2.41. The third-order valence-electron chi connectivity index (χ3n) is 3.46. The molecule has 1 aromatic carbocycles. The minimum atomic E-state index is 0.644. The van der Waals surface area contributed by atoms with E-state index in [1.807, 2.05) is 12.1 Å². The summed E-state index contributed by atoms with van der Waals surface area (Å²) in [7, 11) is 1.71. The number of nitrogens with one attached hydrogen (secondary N) is 1. The summed E-state index contributed by atoms with van der Waals surface area (Å²) >= 11 is 0. The fourth-order valence-electron chi connectivity index (χ4n) is 2.41. The molecule has 2 rings (SSSR count). The molecule has 0 unspecified atom stereocenters. The quantitative estimate of drug-likeness (QED) is 0.840. The minimum Gasteiger partial charge on any atom is -0.494 e. The molecule has 3 nitrogen and oxygen atoms in total. The van der Waals surface area contributed by atoms with Gasteiger partial charge < -0.3 is 14.8 Å². The van der Waals surface area contributed by atoms with E-state index < -0.39 is 0 Å². The van der Waals surface area contributed by atoms with Crippen molar-refractivity contribution in [1.82, 2.24) is 5.32 Å². The van der Waals surface area contributed by atoms with Gasteiger partial charge in [0.2, 0.25) is 0 Å². The molecule has 1 aliphatic heterocycles. The molecule has 0 amide bonds. The van der Waals surface area contributed by atoms with Gasteiger partial charge in [-0.15, -0.1) is 0 Å². The van der Waals surface area contributed by atoms with Crippen LogP contribution in [0.3, 0.4) is 0 Å². The number of piperidine rings is 1. The first-order chi connectivity index (χ1) is 8.88. The van der Waals surface area contributed by atoms with Gasteiger partial charge in [0, 0.05) is 7.11 Å². The maximum absolute atomic E-state index is 5.82. The lowest BCUT2D eigenvalue weighted by atomic mass is 9.95. The molecule has 3 heteroatoms. The van der Waals surface area contributed by atoms with Gasteiger partial charge in [-0.1, -0.05) is 12.1 Å². The zero-order valence-electron chi connectivity index (χ0n) is 11.2. The summed E-state index contributed by atoms with van der Waals surface area (Å²) in [6.07, 6.45) is 3.73. The number of benzene rings is 1. The van der Waals surface area contributed by atoms with E-state index in [0.29, 0.717) is 6.61 Å². The smallest absolute Gasteiger partial charge is 0.119 e. The van der Waals surface area contributed by atoms with E-state index in [9.17, 15) is 0 Å². The van der Waals surface area contributed by atoms with Crippen LogP contribution in [0, 0.1) is 5.92 Å². The fourth-order valence-corrected chi connectivity index (χ4v) is 2.41.